The lowest BCUT2D eigenvalue weighted by molar-refractivity contribution is -0.384. The lowest BCUT2D eigenvalue weighted by Crippen LogP contribution is -1.95. The van der Waals surface area contributed by atoms with E-state index in [2.05, 4.69) is 15.1 Å². The molecule has 0 radical (unpaired) electrons. The van der Waals surface area contributed by atoms with Gasteiger partial charge in [0.1, 0.15) is 11.4 Å². The zero-order valence-electron chi connectivity index (χ0n) is 12.0. The molecule has 1 unspecified atom stereocenters. The number of nitro groups is 1. The summed E-state index contributed by atoms with van der Waals surface area (Å²) in [6, 6.07) is 6.67. The third-order valence-corrected chi connectivity index (χ3v) is 4.51. The number of nitro benzene ring substituents is 1. The lowest BCUT2D eigenvalue weighted by atomic mass is 10.1. The summed E-state index contributed by atoms with van der Waals surface area (Å²) in [7, 11) is 1.83. The molecule has 0 amide bonds. The number of fused-ring (bicyclic) bond motifs is 1. The smallest absolute Gasteiger partial charge is 0.258 e. The highest BCUT2D eigenvalue weighted by molar-refractivity contribution is 7.99. The van der Waals surface area contributed by atoms with Crippen molar-refractivity contribution in [3.05, 3.63) is 52.5 Å². The Morgan fingerprint density at radius 2 is 2.18 bits per heavy atom. The van der Waals surface area contributed by atoms with Gasteiger partial charge in [-0.25, -0.2) is 9.97 Å². The molecule has 0 saturated carbocycles. The number of aromatic nitrogens is 4. The highest BCUT2D eigenvalue weighted by Crippen LogP contribution is 2.37. The van der Waals surface area contributed by atoms with E-state index in [-0.39, 0.29) is 15.9 Å². The van der Waals surface area contributed by atoms with Crippen LogP contribution in [-0.4, -0.2) is 24.7 Å². The van der Waals surface area contributed by atoms with Crippen LogP contribution in [0.3, 0.4) is 0 Å². The molecule has 0 aliphatic heterocycles. The molecule has 0 aliphatic rings. The van der Waals surface area contributed by atoms with Gasteiger partial charge in [0.05, 0.1) is 16.5 Å². The van der Waals surface area contributed by atoms with E-state index in [1.54, 1.807) is 23.0 Å². The van der Waals surface area contributed by atoms with Gasteiger partial charge < -0.3 is 0 Å². The van der Waals surface area contributed by atoms with Crippen LogP contribution in [0.25, 0.3) is 11.0 Å². The van der Waals surface area contributed by atoms with Crippen molar-refractivity contribution < 1.29 is 4.92 Å². The van der Waals surface area contributed by atoms with E-state index in [0.717, 1.165) is 21.6 Å². The minimum Gasteiger partial charge on any atom is -0.258 e. The summed E-state index contributed by atoms with van der Waals surface area (Å²) in [5.74, 6) is 0. The number of nitrogens with zero attached hydrogens (tertiary/aromatic N) is 5. The second-order valence-electron chi connectivity index (χ2n) is 4.80. The molecule has 0 saturated heterocycles. The molecular formula is C14H13N5O2S. The maximum absolute atomic E-state index is 10.9. The average molecular weight is 315 g/mol. The van der Waals surface area contributed by atoms with Crippen LogP contribution in [0.4, 0.5) is 5.69 Å². The Hall–Kier alpha value is -2.48. The fourth-order valence-electron chi connectivity index (χ4n) is 2.16. The van der Waals surface area contributed by atoms with E-state index in [0.29, 0.717) is 0 Å². The molecule has 0 bridgehead atoms. The predicted octanol–water partition coefficient (Wildman–Crippen LogP) is 3.12. The summed E-state index contributed by atoms with van der Waals surface area (Å²) in [6.45, 7) is 1.99. The largest absolute Gasteiger partial charge is 0.269 e. The Kier molecular flexibility index (Phi) is 3.76. The molecule has 2 heterocycles. The maximum Gasteiger partial charge on any atom is 0.269 e. The van der Waals surface area contributed by atoms with Crippen molar-refractivity contribution in [1.29, 1.82) is 0 Å². The highest BCUT2D eigenvalue weighted by atomic mass is 32.2. The van der Waals surface area contributed by atoms with Gasteiger partial charge in [0.2, 0.25) is 0 Å². The summed E-state index contributed by atoms with van der Waals surface area (Å²) in [4.78, 5) is 19.0. The van der Waals surface area contributed by atoms with Crippen molar-refractivity contribution in [2.45, 2.75) is 17.2 Å². The molecule has 0 spiro atoms. The normalized spacial score (nSPS) is 12.5. The van der Waals surface area contributed by atoms with Crippen LogP contribution >= 0.6 is 11.8 Å². The minimum atomic E-state index is -0.384. The molecule has 3 rings (SSSR count). The van der Waals surface area contributed by atoms with Crippen molar-refractivity contribution in [3.63, 3.8) is 0 Å². The van der Waals surface area contributed by atoms with Crippen LogP contribution in [0, 0.1) is 10.1 Å². The minimum absolute atomic E-state index is 0.0261. The summed E-state index contributed by atoms with van der Waals surface area (Å²) in [5.41, 5.74) is 1.75. The average Bonchev–Trinajstić information content (AvgIpc) is 2.90. The number of hydrogen-bond acceptors (Lipinski definition) is 6. The molecule has 0 fully saturated rings. The Bertz CT molecular complexity index is 848. The number of rotatable bonds is 4. The van der Waals surface area contributed by atoms with E-state index in [9.17, 15) is 10.1 Å². The van der Waals surface area contributed by atoms with E-state index < -0.39 is 0 Å². The molecule has 0 aliphatic carbocycles. The van der Waals surface area contributed by atoms with E-state index in [4.69, 9.17) is 0 Å². The van der Waals surface area contributed by atoms with Gasteiger partial charge in [-0.05, 0) is 12.5 Å². The van der Waals surface area contributed by atoms with Crippen LogP contribution in [-0.2, 0) is 7.05 Å². The zero-order valence-corrected chi connectivity index (χ0v) is 12.8. The highest BCUT2D eigenvalue weighted by Gasteiger charge is 2.15. The van der Waals surface area contributed by atoms with Crippen molar-refractivity contribution in [2.24, 2.45) is 7.05 Å². The summed E-state index contributed by atoms with van der Waals surface area (Å²) >= 11 is 1.53. The standard InChI is InChI=1S/C14H13N5O2S/c1-9(10-4-3-5-11(6-10)19(20)21)22-14-12-7-17-18(2)13(12)15-8-16-14/h3-9H,1-2H3. The summed E-state index contributed by atoms with van der Waals surface area (Å²) in [5, 5.41) is 16.8. The molecule has 2 aromatic heterocycles. The Balaban J connectivity index is 1.91. The molecular weight excluding hydrogens is 302 g/mol. The van der Waals surface area contributed by atoms with Gasteiger partial charge in [-0.3, -0.25) is 14.8 Å². The predicted molar refractivity (Wildman–Crippen MR) is 83.7 cm³/mol. The molecule has 8 heteroatoms. The molecule has 112 valence electrons. The van der Waals surface area contributed by atoms with Gasteiger partial charge in [0, 0.05) is 24.4 Å². The van der Waals surface area contributed by atoms with Gasteiger partial charge in [0.15, 0.2) is 5.65 Å². The monoisotopic (exact) mass is 315 g/mol. The molecule has 0 N–H and O–H groups in total. The fraction of sp³-hybridized carbons (Fsp3) is 0.214. The maximum atomic E-state index is 10.9. The zero-order chi connectivity index (χ0) is 15.7. The first kappa shape index (κ1) is 14.5. The van der Waals surface area contributed by atoms with Crippen molar-refractivity contribution in [3.8, 4) is 0 Å². The van der Waals surface area contributed by atoms with Crippen molar-refractivity contribution in [1.82, 2.24) is 19.7 Å². The number of thioether (sulfide) groups is 1. The number of non-ortho nitro benzene ring substituents is 1. The molecule has 1 atom stereocenters. The summed E-state index contributed by atoms with van der Waals surface area (Å²) < 4.78 is 1.69. The third-order valence-electron chi connectivity index (χ3n) is 3.33. The van der Waals surface area contributed by atoms with Gasteiger partial charge >= 0.3 is 0 Å². The molecule has 7 nitrogen and oxygen atoms in total. The lowest BCUT2D eigenvalue weighted by Gasteiger charge is -2.11. The quantitative estimate of drug-likeness (QED) is 0.318. The topological polar surface area (TPSA) is 86.7 Å². The van der Waals surface area contributed by atoms with E-state index >= 15 is 0 Å². The molecule has 22 heavy (non-hydrogen) atoms. The first-order valence-electron chi connectivity index (χ1n) is 6.60. The van der Waals surface area contributed by atoms with Crippen LogP contribution in [0.2, 0.25) is 0 Å². The second-order valence-corrected chi connectivity index (χ2v) is 6.13. The Labute approximate surface area is 130 Å². The SMILES string of the molecule is CC(Sc1ncnc2c1cnn2C)c1cccc([N+](=O)[O-])c1. The van der Waals surface area contributed by atoms with Crippen molar-refractivity contribution >= 4 is 28.5 Å². The van der Waals surface area contributed by atoms with Gasteiger partial charge in [-0.15, -0.1) is 0 Å². The summed E-state index contributed by atoms with van der Waals surface area (Å²) in [6.07, 6.45) is 3.24. The van der Waals surface area contributed by atoms with Crippen molar-refractivity contribution in [2.75, 3.05) is 0 Å². The first-order chi connectivity index (χ1) is 10.6. The number of aryl methyl sites for hydroxylation is 1. The van der Waals surface area contributed by atoms with E-state index in [1.807, 2.05) is 20.0 Å². The Morgan fingerprint density at radius 3 is 2.95 bits per heavy atom. The van der Waals surface area contributed by atoms with Crippen LogP contribution in [0.1, 0.15) is 17.7 Å². The Morgan fingerprint density at radius 1 is 1.36 bits per heavy atom. The number of benzene rings is 1. The van der Waals surface area contributed by atoms with Gasteiger partial charge in [-0.2, -0.15) is 5.10 Å². The van der Waals surface area contributed by atoms with Crippen LogP contribution in [0.15, 0.2) is 41.8 Å². The second kappa shape index (κ2) is 5.72. The molecule has 3 aromatic rings. The third kappa shape index (κ3) is 2.64. The van der Waals surface area contributed by atoms with Crippen LogP contribution < -0.4 is 0 Å². The fourth-order valence-corrected chi connectivity index (χ4v) is 3.16. The van der Waals surface area contributed by atoms with Gasteiger partial charge in [0.25, 0.3) is 5.69 Å². The first-order valence-corrected chi connectivity index (χ1v) is 7.48. The van der Waals surface area contributed by atoms with Gasteiger partial charge in [-0.1, -0.05) is 23.9 Å². The number of hydrogen-bond donors (Lipinski definition) is 0. The molecule has 1 aromatic carbocycles. The van der Waals surface area contributed by atoms with E-state index in [1.165, 1.54) is 24.2 Å². The van der Waals surface area contributed by atoms with Crippen LogP contribution in [0.5, 0.6) is 0 Å².